The van der Waals surface area contributed by atoms with Crippen LogP contribution in [0.25, 0.3) is 0 Å². The maximum absolute atomic E-state index is 9.57. The summed E-state index contributed by atoms with van der Waals surface area (Å²) in [5.41, 5.74) is 5.23. The highest BCUT2D eigenvalue weighted by Gasteiger charge is 2.35. The number of aliphatic hydroxyl groups excluding tert-OH is 1. The van der Waals surface area contributed by atoms with Crippen molar-refractivity contribution in [1.29, 1.82) is 0 Å². The van der Waals surface area contributed by atoms with Gasteiger partial charge in [-0.15, -0.1) is 5.53 Å². The fraction of sp³-hybridized carbons (Fsp3) is 0.524. The first kappa shape index (κ1) is 22.4. The van der Waals surface area contributed by atoms with E-state index in [1.807, 2.05) is 34.2 Å². The van der Waals surface area contributed by atoms with Gasteiger partial charge in [0.25, 0.3) is 0 Å². The monoisotopic (exact) mass is 433 g/mol. The number of hydrogen-bond acceptors (Lipinski definition) is 8. The fourth-order valence-corrected chi connectivity index (χ4v) is 3.48. The average Bonchev–Trinajstić information content (AvgIpc) is 3.08. The Kier molecular flexibility index (Phi) is 6.90. The molecule has 0 amide bonds. The Balaban J connectivity index is 2.16. The third-order valence-corrected chi connectivity index (χ3v) is 5.15. The number of aromatic nitrogens is 2. The smallest absolute Gasteiger partial charge is 0.229 e. The summed E-state index contributed by atoms with van der Waals surface area (Å²) in [6.07, 6.45) is 0. The lowest BCUT2D eigenvalue weighted by Gasteiger charge is -2.28. The molecule has 0 aliphatic carbocycles. The Hall–Kier alpha value is -2.29. The molecule has 1 aromatic carbocycles. The molecule has 164 valence electrons. The largest absolute Gasteiger partial charge is 0.395 e. The first-order valence-corrected chi connectivity index (χ1v) is 10.8. The molecule has 1 aliphatic heterocycles. The van der Waals surface area contributed by atoms with Crippen LogP contribution in [-0.4, -0.2) is 46.4 Å². The zero-order valence-corrected chi connectivity index (χ0v) is 19.3. The number of hydrazine groups is 2. The van der Waals surface area contributed by atoms with Crippen LogP contribution in [0.4, 0.5) is 29.0 Å². The molecule has 1 aliphatic rings. The molecule has 0 radical (unpaired) electrons. The SMILES string of the molecule is CC(C)N(CCO)c1nc(Nc2ccc(Cl)cc2)c2c(n1)N(C(C)C)NN2C(C)C. The van der Waals surface area contributed by atoms with Crippen molar-refractivity contribution in [1.82, 2.24) is 15.5 Å². The Bertz CT molecular complexity index is 857. The summed E-state index contributed by atoms with van der Waals surface area (Å²) < 4.78 is 0. The van der Waals surface area contributed by atoms with E-state index in [2.05, 4.69) is 57.4 Å². The number of nitrogens with one attached hydrogen (secondary N) is 2. The topological polar surface area (TPSA) is 79.8 Å². The van der Waals surface area contributed by atoms with Crippen molar-refractivity contribution in [2.45, 2.75) is 59.7 Å². The van der Waals surface area contributed by atoms with Crippen molar-refractivity contribution in [3.8, 4) is 0 Å². The third kappa shape index (κ3) is 4.55. The van der Waals surface area contributed by atoms with Gasteiger partial charge in [-0.2, -0.15) is 9.97 Å². The van der Waals surface area contributed by atoms with Crippen LogP contribution in [0.3, 0.4) is 0 Å². The lowest BCUT2D eigenvalue weighted by atomic mass is 10.2. The molecule has 3 rings (SSSR count). The predicted molar refractivity (Wildman–Crippen MR) is 125 cm³/mol. The van der Waals surface area contributed by atoms with E-state index in [-0.39, 0.29) is 24.7 Å². The zero-order valence-electron chi connectivity index (χ0n) is 18.5. The lowest BCUT2D eigenvalue weighted by Crippen LogP contribution is -2.50. The number of nitrogens with zero attached hydrogens (tertiary/aromatic N) is 5. The van der Waals surface area contributed by atoms with Gasteiger partial charge in [-0.3, -0.25) is 10.0 Å². The summed E-state index contributed by atoms with van der Waals surface area (Å²) in [5, 5.41) is 17.8. The van der Waals surface area contributed by atoms with Crippen LogP contribution in [0, 0.1) is 0 Å². The van der Waals surface area contributed by atoms with E-state index in [0.717, 1.165) is 17.2 Å². The molecule has 9 heteroatoms. The second-order valence-corrected chi connectivity index (χ2v) is 8.65. The van der Waals surface area contributed by atoms with Crippen molar-refractivity contribution >= 4 is 40.6 Å². The minimum atomic E-state index is 0.0306. The molecule has 1 aromatic heterocycles. The number of halogens is 1. The van der Waals surface area contributed by atoms with E-state index >= 15 is 0 Å². The maximum Gasteiger partial charge on any atom is 0.229 e. The fourth-order valence-electron chi connectivity index (χ4n) is 3.35. The Morgan fingerprint density at radius 1 is 1.03 bits per heavy atom. The third-order valence-electron chi connectivity index (χ3n) is 4.90. The van der Waals surface area contributed by atoms with Crippen molar-refractivity contribution in [2.75, 3.05) is 33.4 Å². The number of anilines is 5. The Morgan fingerprint density at radius 3 is 2.20 bits per heavy atom. The molecular formula is C21H32ClN7O. The highest BCUT2D eigenvalue weighted by Crippen LogP contribution is 2.41. The van der Waals surface area contributed by atoms with Crippen LogP contribution in [0.15, 0.2) is 24.3 Å². The van der Waals surface area contributed by atoms with E-state index in [1.165, 1.54) is 0 Å². The lowest BCUT2D eigenvalue weighted by molar-refractivity contribution is 0.298. The van der Waals surface area contributed by atoms with Gasteiger partial charge in [-0.05, 0) is 65.8 Å². The zero-order chi connectivity index (χ0) is 22.0. The number of rotatable bonds is 8. The van der Waals surface area contributed by atoms with Crippen LogP contribution < -0.4 is 25.8 Å². The molecule has 0 saturated carbocycles. The summed E-state index contributed by atoms with van der Waals surface area (Å²) in [6, 6.07) is 8.05. The van der Waals surface area contributed by atoms with Crippen LogP contribution in [0.2, 0.25) is 5.02 Å². The van der Waals surface area contributed by atoms with Gasteiger partial charge in [0.05, 0.1) is 6.61 Å². The second-order valence-electron chi connectivity index (χ2n) is 8.21. The molecular weight excluding hydrogens is 402 g/mol. The number of aliphatic hydroxyl groups is 1. The van der Waals surface area contributed by atoms with Crippen molar-refractivity contribution in [3.63, 3.8) is 0 Å². The highest BCUT2D eigenvalue weighted by atomic mass is 35.5. The molecule has 3 N–H and O–H groups in total. The molecule has 8 nitrogen and oxygen atoms in total. The van der Waals surface area contributed by atoms with Crippen molar-refractivity contribution < 1.29 is 5.11 Å². The predicted octanol–water partition coefficient (Wildman–Crippen LogP) is 3.94. The van der Waals surface area contributed by atoms with Gasteiger partial charge in [0.1, 0.15) is 5.69 Å². The minimum absolute atomic E-state index is 0.0306. The van der Waals surface area contributed by atoms with Gasteiger partial charge < -0.3 is 15.3 Å². The van der Waals surface area contributed by atoms with Gasteiger partial charge >= 0.3 is 0 Å². The Labute approximate surface area is 183 Å². The van der Waals surface area contributed by atoms with Gasteiger partial charge in [0, 0.05) is 35.4 Å². The Morgan fingerprint density at radius 2 is 1.67 bits per heavy atom. The van der Waals surface area contributed by atoms with Crippen LogP contribution in [0.1, 0.15) is 41.5 Å². The van der Waals surface area contributed by atoms with E-state index < -0.39 is 0 Å². The standard InChI is InChI=1S/C21H32ClN7O/c1-13(2)27(11-12-30)21-24-19(23-17-9-7-16(22)8-10-17)18-20(25-21)29(15(5)6)26-28(18)14(3)4/h7-10,13-15,26,30H,11-12H2,1-6H3,(H,23,24,25). The van der Waals surface area contributed by atoms with E-state index in [9.17, 15) is 5.11 Å². The average molecular weight is 434 g/mol. The maximum atomic E-state index is 9.57. The van der Waals surface area contributed by atoms with Gasteiger partial charge in [0.15, 0.2) is 11.6 Å². The van der Waals surface area contributed by atoms with Crippen LogP contribution in [0.5, 0.6) is 0 Å². The molecule has 0 fully saturated rings. The summed E-state index contributed by atoms with van der Waals surface area (Å²) in [6.45, 7) is 13.1. The first-order valence-electron chi connectivity index (χ1n) is 10.4. The van der Waals surface area contributed by atoms with Crippen LogP contribution in [-0.2, 0) is 0 Å². The summed E-state index contributed by atoms with van der Waals surface area (Å²) in [7, 11) is 0. The normalized spacial score (nSPS) is 13.6. The van der Waals surface area contributed by atoms with E-state index in [4.69, 9.17) is 21.6 Å². The molecule has 0 unspecified atom stereocenters. The second kappa shape index (κ2) is 9.24. The van der Waals surface area contributed by atoms with Crippen LogP contribution >= 0.6 is 11.6 Å². The van der Waals surface area contributed by atoms with Crippen molar-refractivity contribution in [2.24, 2.45) is 0 Å². The molecule has 0 atom stereocenters. The molecule has 0 saturated heterocycles. The number of benzene rings is 1. The first-order chi connectivity index (χ1) is 14.2. The summed E-state index contributed by atoms with van der Waals surface area (Å²) in [4.78, 5) is 11.8. The van der Waals surface area contributed by atoms with E-state index in [1.54, 1.807) is 0 Å². The number of hydrogen-bond donors (Lipinski definition) is 3. The van der Waals surface area contributed by atoms with Gasteiger partial charge in [-0.1, -0.05) is 11.6 Å². The molecule has 0 bridgehead atoms. The van der Waals surface area contributed by atoms with Gasteiger partial charge in [0.2, 0.25) is 5.95 Å². The summed E-state index contributed by atoms with van der Waals surface area (Å²) in [5.74, 6) is 2.08. The van der Waals surface area contributed by atoms with E-state index in [0.29, 0.717) is 23.3 Å². The quantitative estimate of drug-likeness (QED) is 0.577. The summed E-state index contributed by atoms with van der Waals surface area (Å²) >= 11 is 6.05. The minimum Gasteiger partial charge on any atom is -0.395 e. The number of fused-ring (bicyclic) bond motifs is 1. The highest BCUT2D eigenvalue weighted by molar-refractivity contribution is 6.30. The van der Waals surface area contributed by atoms with Crippen molar-refractivity contribution in [3.05, 3.63) is 29.3 Å². The van der Waals surface area contributed by atoms with Gasteiger partial charge in [-0.25, -0.2) is 0 Å². The molecule has 0 spiro atoms. The molecule has 2 aromatic rings. The molecule has 30 heavy (non-hydrogen) atoms. The molecule has 2 heterocycles.